The van der Waals surface area contributed by atoms with Crippen molar-refractivity contribution >= 4 is 28.5 Å². The minimum absolute atomic E-state index is 0.112. The Labute approximate surface area is 283 Å². The van der Waals surface area contributed by atoms with Crippen LogP contribution in [0.5, 0.6) is 0 Å². The third-order valence-electron chi connectivity index (χ3n) is 9.24. The molecule has 3 amide bonds. The highest BCUT2D eigenvalue weighted by atomic mass is 19.2. The van der Waals surface area contributed by atoms with Crippen LogP contribution in [0.25, 0.3) is 10.8 Å². The number of nitrogens with two attached hydrogens (primary N) is 1. The molecule has 0 aliphatic carbocycles. The van der Waals surface area contributed by atoms with Crippen LogP contribution in [0.2, 0.25) is 0 Å². The van der Waals surface area contributed by atoms with Crippen LogP contribution >= 0.6 is 0 Å². The molecule has 3 aromatic carbocycles. The number of carbonyl (C=O) groups excluding carboxylic acids is 3. The topological polar surface area (TPSA) is 116 Å². The molecular weight excluding hydrogens is 614 g/mol. The molecule has 0 radical (unpaired) electrons. The lowest BCUT2D eigenvalue weighted by Gasteiger charge is -2.35. The van der Waals surface area contributed by atoms with Gasteiger partial charge in [-0.05, 0) is 59.4 Å². The molecule has 0 saturated carbocycles. The van der Waals surface area contributed by atoms with Crippen LogP contribution in [0.4, 0.5) is 8.78 Å². The van der Waals surface area contributed by atoms with Crippen LogP contribution in [0.1, 0.15) is 58.1 Å². The first-order valence-corrected chi connectivity index (χ1v) is 16.4. The number of halogens is 2. The Morgan fingerprint density at radius 1 is 0.875 bits per heavy atom. The zero-order valence-electron chi connectivity index (χ0n) is 28.9. The number of carbonyl (C=O) groups is 3. The summed E-state index contributed by atoms with van der Waals surface area (Å²) >= 11 is 0. The number of aliphatic hydroxyl groups excluding tert-OH is 1. The summed E-state index contributed by atoms with van der Waals surface area (Å²) < 4.78 is 27.9. The van der Waals surface area contributed by atoms with E-state index in [2.05, 4.69) is 5.32 Å². The van der Waals surface area contributed by atoms with Crippen LogP contribution in [-0.4, -0.2) is 77.5 Å². The molecule has 260 valence electrons. The van der Waals surface area contributed by atoms with Gasteiger partial charge in [-0.25, -0.2) is 8.78 Å². The highest BCUT2D eigenvalue weighted by molar-refractivity contribution is 5.95. The zero-order valence-corrected chi connectivity index (χ0v) is 28.9. The summed E-state index contributed by atoms with van der Waals surface area (Å²) in [5.41, 5.74) is 6.46. The smallest absolute Gasteiger partial charge is 0.246 e. The molecular formula is C38H50F2N4O4. The monoisotopic (exact) mass is 664 g/mol. The number of amides is 3. The van der Waals surface area contributed by atoms with Crippen molar-refractivity contribution in [1.82, 2.24) is 15.1 Å². The Morgan fingerprint density at radius 2 is 1.48 bits per heavy atom. The van der Waals surface area contributed by atoms with Crippen molar-refractivity contribution in [2.24, 2.45) is 11.1 Å². The molecule has 4 N–H and O–H groups in total. The van der Waals surface area contributed by atoms with E-state index in [4.69, 9.17) is 5.73 Å². The van der Waals surface area contributed by atoms with Gasteiger partial charge >= 0.3 is 0 Å². The predicted octanol–water partition coefficient (Wildman–Crippen LogP) is 5.16. The number of hydrogen-bond acceptors (Lipinski definition) is 5. The van der Waals surface area contributed by atoms with Gasteiger partial charge in [0, 0.05) is 51.0 Å². The third-order valence-corrected chi connectivity index (χ3v) is 9.24. The van der Waals surface area contributed by atoms with Gasteiger partial charge in [-0.15, -0.1) is 0 Å². The van der Waals surface area contributed by atoms with E-state index in [9.17, 15) is 28.3 Å². The first-order chi connectivity index (χ1) is 22.6. The molecule has 8 nitrogen and oxygen atoms in total. The Morgan fingerprint density at radius 3 is 2.10 bits per heavy atom. The Bertz CT molecular complexity index is 1600. The number of benzene rings is 3. The molecule has 0 bridgehead atoms. The van der Waals surface area contributed by atoms with Crippen molar-refractivity contribution < 1.29 is 28.3 Å². The first kappa shape index (κ1) is 38.3. The lowest BCUT2D eigenvalue weighted by atomic mass is 9.90. The van der Waals surface area contributed by atoms with Crippen LogP contribution in [0, 0.1) is 17.0 Å². The lowest BCUT2D eigenvalue weighted by molar-refractivity contribution is -0.146. The molecule has 0 spiro atoms. The standard InChI is InChI=1S/C38H50F2N4O4/c1-7-38(41,8-2)19-11-14-34(46)43(5)33(23-26-15-17-28-12-9-10-13-29(28)20-26)36(48)44(6)32(35(47)42-24-37(3,4)25-45)22-27-16-18-30(39)31(40)21-27/h9-18,20-21,32-33,45H,7-8,19,22-25,41H2,1-6H3,(H,42,47)/b14-11+. The molecule has 0 saturated heterocycles. The second-order valence-electron chi connectivity index (χ2n) is 13.5. The molecule has 3 aromatic rings. The minimum atomic E-state index is -1.14. The summed E-state index contributed by atoms with van der Waals surface area (Å²) in [7, 11) is 3.02. The van der Waals surface area contributed by atoms with Crippen LogP contribution in [0.3, 0.4) is 0 Å². The largest absolute Gasteiger partial charge is 0.396 e. The maximum Gasteiger partial charge on any atom is 0.246 e. The minimum Gasteiger partial charge on any atom is -0.396 e. The molecule has 0 fully saturated rings. The van der Waals surface area contributed by atoms with E-state index in [1.807, 2.05) is 56.3 Å². The first-order valence-electron chi connectivity index (χ1n) is 16.4. The van der Waals surface area contributed by atoms with Gasteiger partial charge in [-0.2, -0.15) is 0 Å². The lowest BCUT2D eigenvalue weighted by Crippen LogP contribution is -2.56. The maximum absolute atomic E-state index is 14.4. The highest BCUT2D eigenvalue weighted by Crippen LogP contribution is 2.22. The van der Waals surface area contributed by atoms with Crippen molar-refractivity contribution in [2.75, 3.05) is 27.2 Å². The van der Waals surface area contributed by atoms with E-state index < -0.39 is 52.4 Å². The predicted molar refractivity (Wildman–Crippen MR) is 186 cm³/mol. The molecule has 0 aliphatic rings. The van der Waals surface area contributed by atoms with E-state index in [-0.39, 0.29) is 26.0 Å². The van der Waals surface area contributed by atoms with Crippen molar-refractivity contribution in [2.45, 2.75) is 77.4 Å². The molecule has 48 heavy (non-hydrogen) atoms. The number of aliphatic hydroxyl groups is 1. The SMILES string of the molecule is CCC(N)(CC)C/C=C/C(=O)N(C)C(Cc1ccc2ccccc2c1)C(=O)N(C)C(Cc1ccc(F)c(F)c1)C(=O)NCC(C)(C)CO. The quantitative estimate of drug-likeness (QED) is 0.183. The van der Waals surface area contributed by atoms with Crippen molar-refractivity contribution in [3.05, 3.63) is 95.6 Å². The summed E-state index contributed by atoms with van der Waals surface area (Å²) in [5.74, 6) is -3.53. The van der Waals surface area contributed by atoms with Crippen molar-refractivity contribution in [3.63, 3.8) is 0 Å². The summed E-state index contributed by atoms with van der Waals surface area (Å²) in [6.45, 7) is 7.46. The fraction of sp³-hybridized carbons (Fsp3) is 0.447. The van der Waals surface area contributed by atoms with E-state index in [1.165, 1.54) is 29.0 Å². The van der Waals surface area contributed by atoms with Gasteiger partial charge in [0.1, 0.15) is 12.1 Å². The Kier molecular flexibility index (Phi) is 13.4. The normalized spacial score (nSPS) is 13.4. The van der Waals surface area contributed by atoms with Gasteiger partial charge in [-0.3, -0.25) is 14.4 Å². The molecule has 0 aliphatic heterocycles. The third kappa shape index (κ3) is 10.2. The van der Waals surface area contributed by atoms with Gasteiger partial charge in [0.2, 0.25) is 17.7 Å². The highest BCUT2D eigenvalue weighted by Gasteiger charge is 2.35. The Hall–Kier alpha value is -4.15. The van der Waals surface area contributed by atoms with Gasteiger partial charge in [0.05, 0.1) is 0 Å². The van der Waals surface area contributed by atoms with Gasteiger partial charge in [0.25, 0.3) is 0 Å². The molecule has 2 atom stereocenters. The second-order valence-corrected chi connectivity index (χ2v) is 13.5. The number of nitrogens with zero attached hydrogens (tertiary/aromatic N) is 2. The molecule has 3 rings (SSSR count). The summed E-state index contributed by atoms with van der Waals surface area (Å²) in [6, 6.07) is 14.8. The average molecular weight is 665 g/mol. The second kappa shape index (κ2) is 16.8. The Balaban J connectivity index is 1.99. The van der Waals surface area contributed by atoms with E-state index in [0.717, 1.165) is 41.3 Å². The van der Waals surface area contributed by atoms with E-state index in [1.54, 1.807) is 27.0 Å². The summed E-state index contributed by atoms with van der Waals surface area (Å²) in [5, 5.41) is 14.5. The van der Waals surface area contributed by atoms with E-state index in [0.29, 0.717) is 12.0 Å². The molecule has 0 aromatic heterocycles. The molecule has 0 heterocycles. The van der Waals surface area contributed by atoms with Crippen molar-refractivity contribution in [3.8, 4) is 0 Å². The summed E-state index contributed by atoms with van der Waals surface area (Å²) in [4.78, 5) is 44.3. The fourth-order valence-electron chi connectivity index (χ4n) is 5.37. The van der Waals surface area contributed by atoms with Gasteiger partial charge < -0.3 is 26.0 Å². The van der Waals surface area contributed by atoms with Gasteiger partial charge in [0.15, 0.2) is 11.6 Å². The van der Waals surface area contributed by atoms with Crippen LogP contribution in [0.15, 0.2) is 72.8 Å². The van der Waals surface area contributed by atoms with Crippen molar-refractivity contribution in [1.29, 1.82) is 0 Å². The number of rotatable bonds is 16. The number of fused-ring (bicyclic) bond motifs is 1. The summed E-state index contributed by atoms with van der Waals surface area (Å²) in [6.07, 6.45) is 5.17. The average Bonchev–Trinajstić information content (AvgIpc) is 3.08. The molecule has 2 unspecified atom stereocenters. The van der Waals surface area contributed by atoms with Gasteiger partial charge in [-0.1, -0.05) is 82.3 Å². The maximum atomic E-state index is 14.4. The zero-order chi connectivity index (χ0) is 35.6. The van der Waals surface area contributed by atoms with Crippen LogP contribution < -0.4 is 11.1 Å². The molecule has 10 heteroatoms. The van der Waals surface area contributed by atoms with E-state index >= 15 is 0 Å². The van der Waals surface area contributed by atoms with Crippen LogP contribution in [-0.2, 0) is 27.2 Å². The number of likely N-dealkylation sites (N-methyl/N-ethyl adjacent to an activating group) is 2. The number of hydrogen-bond donors (Lipinski definition) is 3. The fourth-order valence-corrected chi connectivity index (χ4v) is 5.37. The number of nitrogens with one attached hydrogen (secondary N) is 1.